The molecule has 0 heterocycles. The summed E-state index contributed by atoms with van der Waals surface area (Å²) in [5, 5.41) is -0.565. The quantitative estimate of drug-likeness (QED) is 0.474. The summed E-state index contributed by atoms with van der Waals surface area (Å²) in [6.07, 6.45) is -1.04. The van der Waals surface area contributed by atoms with E-state index in [9.17, 15) is 8.78 Å². The lowest BCUT2D eigenvalue weighted by atomic mass is 10.5. The van der Waals surface area contributed by atoms with Crippen LogP contribution in [-0.2, 0) is 0 Å². The van der Waals surface area contributed by atoms with E-state index in [0.29, 0.717) is 6.08 Å². The predicted molar refractivity (Wildman–Crippen MR) is 25.6 cm³/mol. The van der Waals surface area contributed by atoms with Crippen molar-refractivity contribution in [2.24, 2.45) is 0 Å². The smallest absolute Gasteiger partial charge is 0.174 e. The first kappa shape index (κ1) is 6.89. The molecule has 3 heteroatoms. The van der Waals surface area contributed by atoms with Crippen molar-refractivity contribution in [3.05, 3.63) is 12.2 Å². The second-order valence-electron chi connectivity index (χ2n) is 1.13. The highest BCUT2D eigenvalue weighted by Gasteiger charge is 1.91. The molecule has 0 rings (SSSR count). The fourth-order valence-electron chi connectivity index (χ4n) is 0.174. The summed E-state index contributed by atoms with van der Waals surface area (Å²) in [7, 11) is 0. The number of allylic oxidation sites excluding steroid dienone is 1. The molecule has 0 saturated heterocycles. The number of halogens is 3. The van der Waals surface area contributed by atoms with E-state index in [0.717, 1.165) is 0 Å². The number of hydrogen-bond acceptors (Lipinski definition) is 0. The SMILES string of the molecule is CC(Cl)C=C(F)F. The van der Waals surface area contributed by atoms with Gasteiger partial charge in [0.2, 0.25) is 0 Å². The lowest BCUT2D eigenvalue weighted by Crippen LogP contribution is -1.80. The molecule has 0 aromatic rings. The van der Waals surface area contributed by atoms with Crippen molar-refractivity contribution in [2.45, 2.75) is 12.3 Å². The van der Waals surface area contributed by atoms with Gasteiger partial charge in [-0.15, -0.1) is 11.6 Å². The molecule has 0 saturated carbocycles. The van der Waals surface area contributed by atoms with Crippen LogP contribution in [0.4, 0.5) is 8.78 Å². The van der Waals surface area contributed by atoms with Crippen LogP contribution >= 0.6 is 11.6 Å². The lowest BCUT2D eigenvalue weighted by molar-refractivity contribution is 0.418. The summed E-state index contributed by atoms with van der Waals surface area (Å²) >= 11 is 5.12. The molecule has 0 fully saturated rings. The van der Waals surface area contributed by atoms with Gasteiger partial charge in [-0.1, -0.05) is 0 Å². The van der Waals surface area contributed by atoms with Crippen LogP contribution < -0.4 is 0 Å². The molecule has 0 aliphatic rings. The molecule has 0 N–H and O–H groups in total. The largest absolute Gasteiger partial charge is 0.267 e. The fourth-order valence-corrected chi connectivity index (χ4v) is 0.269. The minimum Gasteiger partial charge on any atom is -0.174 e. The molecule has 0 aromatic heterocycles. The van der Waals surface area contributed by atoms with E-state index in [-0.39, 0.29) is 0 Å². The van der Waals surface area contributed by atoms with Gasteiger partial charge in [0.25, 0.3) is 6.08 Å². The molecule has 0 aliphatic carbocycles. The van der Waals surface area contributed by atoms with E-state index in [2.05, 4.69) is 0 Å². The summed E-state index contributed by atoms with van der Waals surface area (Å²) in [6, 6.07) is 0. The second-order valence-corrected chi connectivity index (χ2v) is 1.82. The Morgan fingerprint density at radius 2 is 2.14 bits per heavy atom. The maximum absolute atomic E-state index is 11.1. The molecule has 42 valence electrons. The van der Waals surface area contributed by atoms with Gasteiger partial charge in [-0.2, -0.15) is 8.78 Å². The molecule has 1 unspecified atom stereocenters. The van der Waals surface area contributed by atoms with Crippen LogP contribution in [0.2, 0.25) is 0 Å². The maximum atomic E-state index is 11.1. The highest BCUT2D eigenvalue weighted by Crippen LogP contribution is 2.03. The van der Waals surface area contributed by atoms with Gasteiger partial charge < -0.3 is 0 Å². The molecule has 0 aromatic carbocycles. The first-order chi connectivity index (χ1) is 3.13. The standard InChI is InChI=1S/C4H5ClF2/c1-3(5)2-4(6)7/h2-3H,1H3. The van der Waals surface area contributed by atoms with E-state index in [1.807, 2.05) is 0 Å². The molecule has 0 radical (unpaired) electrons. The van der Waals surface area contributed by atoms with E-state index >= 15 is 0 Å². The average Bonchev–Trinajstić information content (AvgIpc) is 1.27. The van der Waals surface area contributed by atoms with Gasteiger partial charge >= 0.3 is 0 Å². The molecule has 0 bridgehead atoms. The zero-order valence-corrected chi connectivity index (χ0v) is 4.54. The van der Waals surface area contributed by atoms with Gasteiger partial charge in [0.1, 0.15) is 0 Å². The number of rotatable bonds is 1. The Balaban J connectivity index is 3.45. The van der Waals surface area contributed by atoms with Crippen LogP contribution in [0.5, 0.6) is 0 Å². The van der Waals surface area contributed by atoms with Gasteiger partial charge in [-0.25, -0.2) is 0 Å². The van der Waals surface area contributed by atoms with Crippen LogP contribution in [0.3, 0.4) is 0 Å². The van der Waals surface area contributed by atoms with Crippen LogP contribution in [0, 0.1) is 0 Å². The van der Waals surface area contributed by atoms with Crippen molar-refractivity contribution in [3.63, 3.8) is 0 Å². The zero-order chi connectivity index (χ0) is 5.86. The van der Waals surface area contributed by atoms with Gasteiger partial charge in [0.05, 0.1) is 5.38 Å². The molecule has 7 heavy (non-hydrogen) atoms. The van der Waals surface area contributed by atoms with Gasteiger partial charge in [-0.05, 0) is 13.0 Å². The average molecular weight is 127 g/mol. The minimum atomic E-state index is -1.72. The normalized spacial score (nSPS) is 13.1. The molecule has 0 spiro atoms. The Kier molecular flexibility index (Phi) is 2.92. The monoisotopic (exact) mass is 126 g/mol. The van der Waals surface area contributed by atoms with Crippen LogP contribution in [0.25, 0.3) is 0 Å². The summed E-state index contributed by atoms with van der Waals surface area (Å²) < 4.78 is 22.1. The van der Waals surface area contributed by atoms with E-state index in [1.165, 1.54) is 6.92 Å². The molecular weight excluding hydrogens is 121 g/mol. The van der Waals surface area contributed by atoms with E-state index in [4.69, 9.17) is 11.6 Å². The Morgan fingerprint density at radius 1 is 1.71 bits per heavy atom. The Hall–Kier alpha value is -0.110. The zero-order valence-electron chi connectivity index (χ0n) is 3.79. The third kappa shape index (κ3) is 5.89. The van der Waals surface area contributed by atoms with E-state index in [1.54, 1.807) is 0 Å². The molecular formula is C4H5ClF2. The van der Waals surface area contributed by atoms with Crippen LogP contribution in [0.15, 0.2) is 12.2 Å². The number of hydrogen-bond donors (Lipinski definition) is 0. The van der Waals surface area contributed by atoms with Gasteiger partial charge in [0.15, 0.2) is 0 Å². The second kappa shape index (κ2) is 2.97. The Morgan fingerprint density at radius 3 is 2.14 bits per heavy atom. The first-order valence-corrected chi connectivity index (χ1v) is 2.23. The van der Waals surface area contributed by atoms with Gasteiger partial charge in [-0.3, -0.25) is 0 Å². The number of alkyl halides is 1. The third-order valence-corrected chi connectivity index (χ3v) is 0.482. The highest BCUT2D eigenvalue weighted by atomic mass is 35.5. The fraction of sp³-hybridized carbons (Fsp3) is 0.500. The summed E-state index contributed by atoms with van der Waals surface area (Å²) in [4.78, 5) is 0. The minimum absolute atomic E-state index is 0.565. The van der Waals surface area contributed by atoms with Crippen molar-refractivity contribution < 1.29 is 8.78 Å². The van der Waals surface area contributed by atoms with Crippen LogP contribution in [-0.4, -0.2) is 5.38 Å². The Labute approximate surface area is 45.8 Å². The molecule has 0 nitrogen and oxygen atoms in total. The maximum Gasteiger partial charge on any atom is 0.267 e. The molecule has 1 atom stereocenters. The highest BCUT2D eigenvalue weighted by molar-refractivity contribution is 6.21. The van der Waals surface area contributed by atoms with Crippen molar-refractivity contribution in [3.8, 4) is 0 Å². The van der Waals surface area contributed by atoms with Crippen LogP contribution in [0.1, 0.15) is 6.92 Å². The summed E-state index contributed by atoms with van der Waals surface area (Å²) in [6.45, 7) is 1.47. The summed E-state index contributed by atoms with van der Waals surface area (Å²) in [5.74, 6) is 0. The van der Waals surface area contributed by atoms with Crippen molar-refractivity contribution in [1.82, 2.24) is 0 Å². The van der Waals surface area contributed by atoms with Crippen molar-refractivity contribution >= 4 is 11.6 Å². The first-order valence-electron chi connectivity index (χ1n) is 1.80. The lowest BCUT2D eigenvalue weighted by Gasteiger charge is -1.85. The Bertz CT molecular complexity index is 73.8. The van der Waals surface area contributed by atoms with Crippen molar-refractivity contribution in [2.75, 3.05) is 0 Å². The molecule has 0 amide bonds. The molecule has 0 aliphatic heterocycles. The topological polar surface area (TPSA) is 0 Å². The summed E-state index contributed by atoms with van der Waals surface area (Å²) in [5.41, 5.74) is 0. The van der Waals surface area contributed by atoms with Crippen molar-refractivity contribution in [1.29, 1.82) is 0 Å². The van der Waals surface area contributed by atoms with Gasteiger partial charge in [0, 0.05) is 0 Å². The predicted octanol–water partition coefficient (Wildman–Crippen LogP) is 2.39. The third-order valence-electron chi connectivity index (χ3n) is 0.356. The van der Waals surface area contributed by atoms with E-state index < -0.39 is 11.5 Å².